The predicted molar refractivity (Wildman–Crippen MR) is 63.3 cm³/mol. The van der Waals surface area contributed by atoms with Crippen molar-refractivity contribution < 1.29 is 9.48 Å². The molecule has 1 aromatic rings. The van der Waals surface area contributed by atoms with Crippen molar-refractivity contribution in [3.63, 3.8) is 0 Å². The zero-order chi connectivity index (χ0) is 11.8. The Kier molecular flexibility index (Phi) is 2.54. The summed E-state index contributed by atoms with van der Waals surface area (Å²) < 4.78 is 1.95. The van der Waals surface area contributed by atoms with Crippen LogP contribution in [0.1, 0.15) is 26.3 Å². The van der Waals surface area contributed by atoms with Crippen LogP contribution in [0.3, 0.4) is 0 Å². The fourth-order valence-electron chi connectivity index (χ4n) is 1.97. The summed E-state index contributed by atoms with van der Waals surface area (Å²) in [5, 5.41) is 0. The summed E-state index contributed by atoms with van der Waals surface area (Å²) in [6.07, 6.45) is 0.866. The zero-order valence-electron chi connectivity index (χ0n) is 9.95. The summed E-state index contributed by atoms with van der Waals surface area (Å²) in [5.41, 5.74) is 4.83. The number of nitrogens with one attached hydrogen (secondary N) is 1. The smallest absolute Gasteiger partial charge is 0.261 e. The predicted octanol–water partition coefficient (Wildman–Crippen LogP) is 1.53. The molecule has 0 unspecified atom stereocenters. The van der Waals surface area contributed by atoms with Gasteiger partial charge in [0.15, 0.2) is 5.71 Å². The van der Waals surface area contributed by atoms with Gasteiger partial charge in [-0.2, -0.15) is 0 Å². The number of hydrazone groups is 1. The van der Waals surface area contributed by atoms with E-state index in [0.717, 1.165) is 12.1 Å². The number of hydrogen-bond donors (Lipinski definition) is 1. The highest BCUT2D eigenvalue weighted by molar-refractivity contribution is 5.90. The summed E-state index contributed by atoms with van der Waals surface area (Å²) >= 11 is 0. The number of hydrogen-bond acceptors (Lipinski definition) is 1. The van der Waals surface area contributed by atoms with E-state index >= 15 is 0 Å². The zero-order valence-corrected chi connectivity index (χ0v) is 9.95. The van der Waals surface area contributed by atoms with Crippen LogP contribution in [0.2, 0.25) is 0 Å². The van der Waals surface area contributed by atoms with Crippen LogP contribution in [0.25, 0.3) is 0 Å². The molecule has 1 saturated heterocycles. The molecular weight excluding hydrogens is 200 g/mol. The van der Waals surface area contributed by atoms with Gasteiger partial charge < -0.3 is 0 Å². The summed E-state index contributed by atoms with van der Waals surface area (Å²) in [4.78, 5) is 11.4. The molecule has 3 nitrogen and oxygen atoms in total. The Balaban J connectivity index is 2.18. The second-order valence-electron chi connectivity index (χ2n) is 4.73. The normalized spacial score (nSPS) is 21.1. The molecule has 1 aliphatic rings. The van der Waals surface area contributed by atoms with Crippen molar-refractivity contribution >= 4 is 11.6 Å². The second kappa shape index (κ2) is 3.74. The number of nitrogens with zero attached hydrogens (tertiary/aromatic N) is 1. The Morgan fingerprint density at radius 2 is 1.94 bits per heavy atom. The highest BCUT2D eigenvalue weighted by Crippen LogP contribution is 2.17. The van der Waals surface area contributed by atoms with Crippen molar-refractivity contribution in [1.29, 1.82) is 0 Å². The average molecular weight is 217 g/mol. The topological polar surface area (TPSA) is 32.1 Å². The molecule has 84 valence electrons. The molecule has 2 rings (SSSR count). The maximum atomic E-state index is 11.4. The molecule has 1 aromatic carbocycles. The number of benzene rings is 1. The minimum atomic E-state index is -0.404. The molecule has 1 aliphatic heterocycles. The fourth-order valence-corrected chi connectivity index (χ4v) is 1.97. The summed E-state index contributed by atoms with van der Waals surface area (Å²) in [6.45, 7) is 5.91. The molecule has 0 saturated carbocycles. The Labute approximate surface area is 95.8 Å². The number of carbonyl (C=O) groups is 1. The van der Waals surface area contributed by atoms with E-state index in [4.69, 9.17) is 0 Å². The quantitative estimate of drug-likeness (QED) is 0.748. The van der Waals surface area contributed by atoms with Crippen molar-refractivity contribution in [2.75, 3.05) is 0 Å². The van der Waals surface area contributed by atoms with Gasteiger partial charge in [0.2, 0.25) is 0 Å². The van der Waals surface area contributed by atoms with Crippen molar-refractivity contribution in [1.82, 2.24) is 5.43 Å². The molecule has 1 amide bonds. The lowest BCUT2D eigenvalue weighted by Crippen LogP contribution is -2.69. The minimum absolute atomic E-state index is 0.0833. The van der Waals surface area contributed by atoms with Crippen molar-refractivity contribution in [3.8, 4) is 0 Å². The molecule has 1 fully saturated rings. The first-order valence-corrected chi connectivity index (χ1v) is 5.49. The molecule has 3 heteroatoms. The highest BCUT2D eigenvalue weighted by Gasteiger charge is 2.53. The number of rotatable bonds is 2. The molecule has 1 heterocycles. The molecule has 1 N–H and O–H groups in total. The van der Waals surface area contributed by atoms with Gasteiger partial charge in [0, 0.05) is 20.8 Å². The van der Waals surface area contributed by atoms with Crippen molar-refractivity contribution in [2.24, 2.45) is 0 Å². The lowest BCUT2D eigenvalue weighted by Gasteiger charge is -2.30. The number of hydrazine groups is 1. The van der Waals surface area contributed by atoms with Crippen LogP contribution < -0.4 is 5.43 Å². The van der Waals surface area contributed by atoms with E-state index in [1.54, 1.807) is 0 Å². The molecule has 16 heavy (non-hydrogen) atoms. The van der Waals surface area contributed by atoms with E-state index in [1.807, 2.05) is 43.7 Å². The van der Waals surface area contributed by atoms with Gasteiger partial charge in [0.1, 0.15) is 0 Å². The Hall–Kier alpha value is -1.64. The lowest BCUT2D eigenvalue weighted by molar-refractivity contribution is -0.671. The first-order valence-electron chi connectivity index (χ1n) is 5.49. The van der Waals surface area contributed by atoms with Gasteiger partial charge in [0.25, 0.3) is 5.54 Å². The molecule has 0 atom stereocenters. The van der Waals surface area contributed by atoms with Crippen molar-refractivity contribution in [2.45, 2.75) is 32.7 Å². The lowest BCUT2D eigenvalue weighted by atomic mass is 9.99. The third-order valence-electron chi connectivity index (χ3n) is 3.01. The van der Waals surface area contributed by atoms with E-state index in [-0.39, 0.29) is 5.91 Å². The first-order chi connectivity index (χ1) is 7.51. The van der Waals surface area contributed by atoms with Crippen LogP contribution in [0.4, 0.5) is 0 Å². The van der Waals surface area contributed by atoms with Gasteiger partial charge in [-0.25, -0.2) is 0 Å². The Morgan fingerprint density at radius 3 is 2.44 bits per heavy atom. The Bertz CT molecular complexity index is 446. The highest BCUT2D eigenvalue weighted by atomic mass is 16.2. The number of amides is 1. The van der Waals surface area contributed by atoms with Crippen LogP contribution in [-0.4, -0.2) is 21.8 Å². The van der Waals surface area contributed by atoms with E-state index in [1.165, 1.54) is 5.56 Å². The van der Waals surface area contributed by atoms with E-state index in [0.29, 0.717) is 0 Å². The molecule has 0 spiro atoms. The molecule has 0 bridgehead atoms. The van der Waals surface area contributed by atoms with Crippen LogP contribution in [0, 0.1) is 0 Å². The van der Waals surface area contributed by atoms with E-state index in [9.17, 15) is 4.79 Å². The first kappa shape index (κ1) is 10.9. The van der Waals surface area contributed by atoms with Gasteiger partial charge in [-0.15, -0.1) is 10.1 Å². The van der Waals surface area contributed by atoms with Gasteiger partial charge in [-0.3, -0.25) is 4.79 Å². The van der Waals surface area contributed by atoms with Crippen LogP contribution >= 0.6 is 0 Å². The van der Waals surface area contributed by atoms with Crippen LogP contribution in [-0.2, 0) is 11.2 Å². The maximum absolute atomic E-state index is 11.4. The third-order valence-corrected chi connectivity index (χ3v) is 3.01. The van der Waals surface area contributed by atoms with Gasteiger partial charge in [-0.1, -0.05) is 30.3 Å². The summed E-state index contributed by atoms with van der Waals surface area (Å²) in [6, 6.07) is 10.3. The van der Waals surface area contributed by atoms with Gasteiger partial charge in [-0.05, 0) is 5.56 Å². The second-order valence-corrected chi connectivity index (χ2v) is 4.73. The maximum Gasteiger partial charge on any atom is 0.347 e. The van der Waals surface area contributed by atoms with Gasteiger partial charge >= 0.3 is 5.91 Å². The number of carbonyl (C=O) groups excluding carboxylic acids is 1. The molecular formula is C13H17N2O+. The van der Waals surface area contributed by atoms with E-state index in [2.05, 4.69) is 17.6 Å². The SMILES string of the molecule is C/C(Cc1ccccc1)=[N+]1\NC(=O)C1(C)C. The fraction of sp³-hybridized carbons (Fsp3) is 0.385. The monoisotopic (exact) mass is 217 g/mol. The van der Waals surface area contributed by atoms with Crippen molar-refractivity contribution in [3.05, 3.63) is 35.9 Å². The minimum Gasteiger partial charge on any atom is -0.261 e. The summed E-state index contributed by atoms with van der Waals surface area (Å²) in [7, 11) is 0. The van der Waals surface area contributed by atoms with Crippen LogP contribution in [0.15, 0.2) is 30.3 Å². The third kappa shape index (κ3) is 1.73. The summed E-state index contributed by atoms with van der Waals surface area (Å²) in [5.74, 6) is 0.0833. The molecule has 0 radical (unpaired) electrons. The van der Waals surface area contributed by atoms with Gasteiger partial charge in [0.05, 0.1) is 6.42 Å². The molecule has 0 aliphatic carbocycles. The van der Waals surface area contributed by atoms with E-state index < -0.39 is 5.54 Å². The average Bonchev–Trinajstić information content (AvgIpc) is 2.27. The Morgan fingerprint density at radius 1 is 1.31 bits per heavy atom. The standard InChI is InChI=1S/C13H16N2O/c1-10(9-11-7-5-4-6-8-11)15-13(2,3)12(16)14-15/h4-8H,9H2,1-3H3/p+1/b15-10+. The van der Waals surface area contributed by atoms with Crippen LogP contribution in [0.5, 0.6) is 0 Å². The largest absolute Gasteiger partial charge is 0.347 e. The molecule has 0 aromatic heterocycles.